The van der Waals surface area contributed by atoms with E-state index in [4.69, 9.17) is 5.14 Å². The number of imide groups is 1. The fourth-order valence-electron chi connectivity index (χ4n) is 2.65. The van der Waals surface area contributed by atoms with Crippen molar-refractivity contribution in [2.45, 2.75) is 18.4 Å². The van der Waals surface area contributed by atoms with Gasteiger partial charge in [-0.3, -0.25) is 14.5 Å². The molecule has 1 aliphatic rings. The number of amides is 2. The van der Waals surface area contributed by atoms with Crippen LogP contribution in [0.5, 0.6) is 0 Å². The third-order valence-electron chi connectivity index (χ3n) is 4.08. The zero-order valence-corrected chi connectivity index (χ0v) is 14.7. The molecule has 3 rings (SSSR count). The lowest BCUT2D eigenvalue weighted by atomic mass is 10.0. The van der Waals surface area contributed by atoms with Crippen molar-refractivity contribution >= 4 is 27.4 Å². The number of aliphatic hydroxyl groups excluding tert-OH is 1. The van der Waals surface area contributed by atoms with Crippen LogP contribution in [-0.2, 0) is 26.2 Å². The van der Waals surface area contributed by atoms with Gasteiger partial charge in [-0.2, -0.15) is 0 Å². The van der Waals surface area contributed by atoms with Crippen molar-refractivity contribution in [2.24, 2.45) is 5.14 Å². The second kappa shape index (κ2) is 6.40. The summed E-state index contributed by atoms with van der Waals surface area (Å²) in [6.07, 6.45) is 0. The van der Waals surface area contributed by atoms with Gasteiger partial charge in [0.05, 0.1) is 17.0 Å². The molecule has 0 atom stereocenters. The highest BCUT2D eigenvalue weighted by Gasteiger charge is 2.39. The van der Waals surface area contributed by atoms with Crippen molar-refractivity contribution in [2.75, 3.05) is 0 Å². The smallest absolute Gasteiger partial charge is 0.296 e. The Balaban J connectivity index is 1.86. The molecule has 8 heteroatoms. The molecule has 0 saturated carbocycles. The van der Waals surface area contributed by atoms with Crippen molar-refractivity contribution < 1.29 is 23.1 Å². The first-order valence-corrected chi connectivity index (χ1v) is 9.21. The Morgan fingerprint density at radius 3 is 2.08 bits per heavy atom. The minimum atomic E-state index is -3.82. The van der Waals surface area contributed by atoms with Gasteiger partial charge in [-0.25, -0.2) is 13.6 Å². The lowest BCUT2D eigenvalue weighted by molar-refractivity contribution is -0.138. The maximum absolute atomic E-state index is 12.6. The van der Waals surface area contributed by atoms with Gasteiger partial charge >= 0.3 is 0 Å². The predicted octanol–water partition coefficient (Wildman–Crippen LogP) is 1.48. The third kappa shape index (κ3) is 3.24. The molecule has 134 valence electrons. The van der Waals surface area contributed by atoms with Crippen molar-refractivity contribution in [3.05, 3.63) is 71.0 Å². The molecule has 1 heterocycles. The van der Waals surface area contributed by atoms with Crippen LogP contribution in [0.25, 0.3) is 5.57 Å². The van der Waals surface area contributed by atoms with E-state index in [0.29, 0.717) is 11.1 Å². The molecule has 0 saturated heterocycles. The fourth-order valence-corrected chi connectivity index (χ4v) is 3.17. The Hall–Kier alpha value is -2.97. The summed E-state index contributed by atoms with van der Waals surface area (Å²) in [6, 6.07) is 12.4. The molecule has 2 aromatic rings. The Labute approximate surface area is 150 Å². The fraction of sp³-hybridized carbons (Fsp3) is 0.111. The highest BCUT2D eigenvalue weighted by Crippen LogP contribution is 2.29. The molecule has 0 radical (unpaired) electrons. The summed E-state index contributed by atoms with van der Waals surface area (Å²) in [4.78, 5) is 25.7. The standard InChI is InChI=1S/C18H16N2O5S/c1-11-2-6-13(7-3-11)15-16(21)18(23)20(17(15)22)10-12-4-8-14(9-5-12)26(19,24)25/h2-9,21H,10H2,1H3,(H2,19,24,25). The van der Waals surface area contributed by atoms with Crippen LogP contribution in [0.2, 0.25) is 0 Å². The number of aliphatic hydroxyl groups is 1. The highest BCUT2D eigenvalue weighted by atomic mass is 32.2. The molecule has 0 spiro atoms. The molecule has 3 N–H and O–H groups in total. The lowest BCUT2D eigenvalue weighted by Gasteiger charge is -2.14. The molecular formula is C18H16N2O5S. The molecule has 7 nitrogen and oxygen atoms in total. The summed E-state index contributed by atoms with van der Waals surface area (Å²) < 4.78 is 22.6. The number of nitrogens with zero attached hydrogens (tertiary/aromatic N) is 1. The molecule has 0 aromatic heterocycles. The van der Waals surface area contributed by atoms with Gasteiger partial charge in [-0.15, -0.1) is 0 Å². The van der Waals surface area contributed by atoms with Crippen LogP contribution in [0.4, 0.5) is 0 Å². The second-order valence-corrected chi connectivity index (χ2v) is 7.54. The molecule has 0 fully saturated rings. The first kappa shape index (κ1) is 17.8. The molecule has 0 aliphatic carbocycles. The zero-order chi connectivity index (χ0) is 19.1. The Kier molecular flexibility index (Phi) is 4.39. The predicted molar refractivity (Wildman–Crippen MR) is 94.1 cm³/mol. The van der Waals surface area contributed by atoms with Crippen LogP contribution in [0, 0.1) is 6.92 Å². The number of nitrogens with two attached hydrogens (primary N) is 1. The summed E-state index contributed by atoms with van der Waals surface area (Å²) in [5.74, 6) is -1.99. The number of carbonyl (C=O) groups excluding carboxylic acids is 2. The summed E-state index contributed by atoms with van der Waals surface area (Å²) in [6.45, 7) is 1.79. The third-order valence-corrected chi connectivity index (χ3v) is 5.01. The molecule has 26 heavy (non-hydrogen) atoms. The minimum Gasteiger partial charge on any atom is -0.502 e. The first-order valence-electron chi connectivity index (χ1n) is 7.66. The maximum atomic E-state index is 12.6. The number of carbonyl (C=O) groups is 2. The summed E-state index contributed by atoms with van der Waals surface area (Å²) >= 11 is 0. The zero-order valence-electron chi connectivity index (χ0n) is 13.8. The van der Waals surface area contributed by atoms with E-state index in [2.05, 4.69) is 0 Å². The van der Waals surface area contributed by atoms with E-state index >= 15 is 0 Å². The minimum absolute atomic E-state index is 0.0452. The molecular weight excluding hydrogens is 356 g/mol. The van der Waals surface area contributed by atoms with Crippen LogP contribution in [0.3, 0.4) is 0 Å². The summed E-state index contributed by atoms with van der Waals surface area (Å²) in [7, 11) is -3.82. The number of sulfonamides is 1. The first-order chi connectivity index (χ1) is 12.2. The highest BCUT2D eigenvalue weighted by molar-refractivity contribution is 7.89. The average molecular weight is 372 g/mol. The Bertz CT molecular complexity index is 1020. The van der Waals surface area contributed by atoms with E-state index < -0.39 is 27.6 Å². The number of primary sulfonamides is 1. The van der Waals surface area contributed by atoms with Gasteiger partial charge in [0, 0.05) is 0 Å². The van der Waals surface area contributed by atoms with Crippen LogP contribution in [0.1, 0.15) is 16.7 Å². The van der Waals surface area contributed by atoms with Gasteiger partial charge in [0.25, 0.3) is 11.8 Å². The van der Waals surface area contributed by atoms with Crippen molar-refractivity contribution in [3.8, 4) is 0 Å². The SMILES string of the molecule is Cc1ccc(C2=C(O)C(=O)N(Cc3ccc(S(N)(=O)=O)cc3)C2=O)cc1. The number of hydrogen-bond donors (Lipinski definition) is 2. The van der Waals surface area contributed by atoms with Gasteiger partial charge in [0.15, 0.2) is 5.76 Å². The van der Waals surface area contributed by atoms with Crippen molar-refractivity contribution in [1.82, 2.24) is 4.90 Å². The van der Waals surface area contributed by atoms with Gasteiger partial charge in [-0.1, -0.05) is 42.0 Å². The largest absolute Gasteiger partial charge is 0.502 e. The normalized spacial score (nSPS) is 15.1. The van der Waals surface area contributed by atoms with Crippen molar-refractivity contribution in [3.63, 3.8) is 0 Å². The van der Waals surface area contributed by atoms with E-state index in [-0.39, 0.29) is 17.0 Å². The van der Waals surface area contributed by atoms with E-state index in [1.54, 1.807) is 24.3 Å². The number of rotatable bonds is 4. The molecule has 2 amide bonds. The van der Waals surface area contributed by atoms with E-state index in [1.807, 2.05) is 6.92 Å². The van der Waals surface area contributed by atoms with Gasteiger partial charge < -0.3 is 5.11 Å². The van der Waals surface area contributed by atoms with Gasteiger partial charge in [0.1, 0.15) is 0 Å². The quantitative estimate of drug-likeness (QED) is 0.788. The van der Waals surface area contributed by atoms with E-state index in [1.165, 1.54) is 24.3 Å². The van der Waals surface area contributed by atoms with Crippen LogP contribution in [-0.4, -0.2) is 30.2 Å². The number of hydrogen-bond acceptors (Lipinski definition) is 5. The monoisotopic (exact) mass is 372 g/mol. The summed E-state index contributed by atoms with van der Waals surface area (Å²) in [5, 5.41) is 15.2. The molecule has 0 bridgehead atoms. The van der Waals surface area contributed by atoms with Crippen LogP contribution in [0.15, 0.2) is 59.2 Å². The number of benzene rings is 2. The summed E-state index contributed by atoms with van der Waals surface area (Å²) in [5.41, 5.74) is 1.92. The van der Waals surface area contributed by atoms with Crippen molar-refractivity contribution in [1.29, 1.82) is 0 Å². The van der Waals surface area contributed by atoms with Crippen LogP contribution >= 0.6 is 0 Å². The molecule has 0 unspecified atom stereocenters. The Morgan fingerprint density at radius 2 is 1.54 bits per heavy atom. The van der Waals surface area contributed by atoms with Crippen LogP contribution < -0.4 is 5.14 Å². The second-order valence-electron chi connectivity index (χ2n) is 5.98. The van der Waals surface area contributed by atoms with Gasteiger partial charge in [-0.05, 0) is 30.2 Å². The lowest BCUT2D eigenvalue weighted by Crippen LogP contribution is -2.31. The Morgan fingerprint density at radius 1 is 0.962 bits per heavy atom. The number of aryl methyl sites for hydroxylation is 1. The maximum Gasteiger partial charge on any atom is 0.296 e. The molecule has 2 aromatic carbocycles. The van der Waals surface area contributed by atoms with E-state index in [9.17, 15) is 23.1 Å². The van der Waals surface area contributed by atoms with Gasteiger partial charge in [0.2, 0.25) is 10.0 Å². The van der Waals surface area contributed by atoms with E-state index in [0.717, 1.165) is 10.5 Å². The average Bonchev–Trinajstić information content (AvgIpc) is 2.79. The molecule has 1 aliphatic heterocycles. The topological polar surface area (TPSA) is 118 Å².